The molecule has 4 heteroatoms. The van der Waals surface area contributed by atoms with Crippen molar-refractivity contribution in [3.8, 4) is 0 Å². The lowest BCUT2D eigenvalue weighted by molar-refractivity contribution is -0.115. The van der Waals surface area contributed by atoms with Crippen LogP contribution in [0.5, 0.6) is 0 Å². The average molecular weight is 326 g/mol. The lowest BCUT2D eigenvalue weighted by Gasteiger charge is -2.26. The van der Waals surface area contributed by atoms with Crippen molar-refractivity contribution < 1.29 is 4.79 Å². The van der Waals surface area contributed by atoms with E-state index in [2.05, 4.69) is 32.9 Å². The van der Waals surface area contributed by atoms with Crippen molar-refractivity contribution in [2.24, 2.45) is 0 Å². The first-order valence-corrected chi connectivity index (χ1v) is 8.81. The maximum Gasteiger partial charge on any atom is 0.238 e. The van der Waals surface area contributed by atoms with E-state index in [4.69, 9.17) is 5.73 Å². The van der Waals surface area contributed by atoms with Crippen molar-refractivity contribution in [1.29, 1.82) is 0 Å². The van der Waals surface area contributed by atoms with Gasteiger partial charge in [0.15, 0.2) is 0 Å². The number of amides is 1. The van der Waals surface area contributed by atoms with Gasteiger partial charge in [-0.25, -0.2) is 0 Å². The fourth-order valence-electron chi connectivity index (χ4n) is 2.78. The average Bonchev–Trinajstić information content (AvgIpc) is 2.88. The number of anilines is 2. The van der Waals surface area contributed by atoms with Gasteiger partial charge >= 0.3 is 0 Å². The van der Waals surface area contributed by atoms with E-state index in [0.717, 1.165) is 16.9 Å². The monoisotopic (exact) mass is 326 g/mol. The molecule has 0 aliphatic carbocycles. The van der Waals surface area contributed by atoms with Crippen molar-refractivity contribution >= 4 is 29.0 Å². The molecule has 1 fully saturated rings. The number of benzene rings is 2. The summed E-state index contributed by atoms with van der Waals surface area (Å²) in [6.45, 7) is 6.57. The van der Waals surface area contributed by atoms with Gasteiger partial charge in [0, 0.05) is 11.4 Å². The second-order valence-corrected chi connectivity index (χ2v) is 7.96. The Hall–Kier alpha value is -1.94. The number of carbonyl (C=O) groups is 1. The first kappa shape index (κ1) is 15.9. The first-order valence-electron chi connectivity index (χ1n) is 7.76. The minimum absolute atomic E-state index is 0.00788. The molecule has 2 aromatic rings. The maximum atomic E-state index is 12.4. The summed E-state index contributed by atoms with van der Waals surface area (Å²) in [5.74, 6) is 0.645. The summed E-state index contributed by atoms with van der Waals surface area (Å²) >= 11 is 1.65. The lowest BCUT2D eigenvalue weighted by atomic mass is 9.87. The number of nitrogens with two attached hydrogens (primary N) is 1. The van der Waals surface area contributed by atoms with Gasteiger partial charge < -0.3 is 5.73 Å². The van der Waals surface area contributed by atoms with Crippen LogP contribution >= 0.6 is 11.8 Å². The van der Waals surface area contributed by atoms with E-state index in [1.165, 1.54) is 5.56 Å². The minimum atomic E-state index is -0.00788. The summed E-state index contributed by atoms with van der Waals surface area (Å²) in [6.07, 6.45) is 0. The Morgan fingerprint density at radius 3 is 2.43 bits per heavy atom. The Bertz CT molecular complexity index is 719. The highest BCUT2D eigenvalue weighted by atomic mass is 32.2. The zero-order valence-corrected chi connectivity index (χ0v) is 14.6. The van der Waals surface area contributed by atoms with Crippen LogP contribution < -0.4 is 10.6 Å². The first-order chi connectivity index (χ1) is 10.9. The molecule has 3 nitrogen and oxygen atoms in total. The standard InChI is InChI=1S/C19H22N2OS/c1-19(2,3)14-7-9-16(10-8-14)21-17(22)12-23-18(21)13-5-4-6-15(20)11-13/h4-11,18H,12,20H2,1-3H3/t18-/m0/s1. The number of hydrogen-bond acceptors (Lipinski definition) is 3. The molecule has 120 valence electrons. The predicted molar refractivity (Wildman–Crippen MR) is 98.7 cm³/mol. The molecule has 0 saturated carbocycles. The number of carbonyl (C=O) groups excluding carboxylic acids is 1. The molecule has 1 saturated heterocycles. The van der Waals surface area contributed by atoms with Gasteiger partial charge in [0.25, 0.3) is 0 Å². The SMILES string of the molecule is CC(C)(C)c1ccc(N2C(=O)CS[C@H]2c2cccc(N)c2)cc1. The normalized spacial score (nSPS) is 18.5. The number of thioether (sulfide) groups is 1. The molecular formula is C19H22N2OS. The smallest absolute Gasteiger partial charge is 0.238 e. The molecule has 23 heavy (non-hydrogen) atoms. The van der Waals surface area contributed by atoms with Crippen LogP contribution in [0.25, 0.3) is 0 Å². The van der Waals surface area contributed by atoms with Crippen LogP contribution in [-0.2, 0) is 10.2 Å². The van der Waals surface area contributed by atoms with Crippen molar-refractivity contribution in [1.82, 2.24) is 0 Å². The van der Waals surface area contributed by atoms with Crippen LogP contribution in [0.3, 0.4) is 0 Å². The Balaban J connectivity index is 1.94. The summed E-state index contributed by atoms with van der Waals surface area (Å²) in [5, 5.41) is -0.00788. The summed E-state index contributed by atoms with van der Waals surface area (Å²) in [4.78, 5) is 14.3. The Labute approximate surface area is 141 Å². The number of nitrogen functional groups attached to an aromatic ring is 1. The fraction of sp³-hybridized carbons (Fsp3) is 0.316. The fourth-order valence-corrected chi connectivity index (χ4v) is 3.95. The zero-order chi connectivity index (χ0) is 16.6. The highest BCUT2D eigenvalue weighted by Crippen LogP contribution is 2.42. The van der Waals surface area contributed by atoms with E-state index in [1.54, 1.807) is 11.8 Å². The Kier molecular flexibility index (Phi) is 4.11. The van der Waals surface area contributed by atoms with Gasteiger partial charge in [-0.15, -0.1) is 11.8 Å². The van der Waals surface area contributed by atoms with Gasteiger partial charge in [-0.1, -0.05) is 45.0 Å². The van der Waals surface area contributed by atoms with Gasteiger partial charge in [-0.05, 0) is 40.8 Å². The molecule has 1 aliphatic heterocycles. The quantitative estimate of drug-likeness (QED) is 0.835. The van der Waals surface area contributed by atoms with Gasteiger partial charge in [0.2, 0.25) is 5.91 Å². The zero-order valence-electron chi connectivity index (χ0n) is 13.7. The van der Waals surface area contributed by atoms with Gasteiger partial charge in [-0.3, -0.25) is 9.69 Å². The van der Waals surface area contributed by atoms with E-state index in [1.807, 2.05) is 41.3 Å². The van der Waals surface area contributed by atoms with E-state index < -0.39 is 0 Å². The van der Waals surface area contributed by atoms with Crippen LogP contribution in [0.4, 0.5) is 11.4 Å². The Morgan fingerprint density at radius 2 is 1.83 bits per heavy atom. The van der Waals surface area contributed by atoms with E-state index in [-0.39, 0.29) is 16.7 Å². The van der Waals surface area contributed by atoms with Crippen molar-refractivity contribution in [3.63, 3.8) is 0 Å². The molecule has 1 heterocycles. The Morgan fingerprint density at radius 1 is 1.13 bits per heavy atom. The summed E-state index contributed by atoms with van der Waals surface area (Å²) in [6, 6.07) is 16.1. The third kappa shape index (κ3) is 3.22. The third-order valence-corrected chi connectivity index (χ3v) is 5.29. The van der Waals surface area contributed by atoms with Crippen LogP contribution in [0.1, 0.15) is 37.3 Å². The summed E-state index contributed by atoms with van der Waals surface area (Å²) < 4.78 is 0. The second kappa shape index (κ2) is 5.93. The van der Waals surface area contributed by atoms with E-state index in [0.29, 0.717) is 5.75 Å². The second-order valence-electron chi connectivity index (χ2n) is 6.89. The van der Waals surface area contributed by atoms with Crippen LogP contribution in [0, 0.1) is 0 Å². The molecule has 1 atom stereocenters. The number of nitrogens with zero attached hydrogens (tertiary/aromatic N) is 1. The third-order valence-electron chi connectivity index (χ3n) is 4.08. The molecule has 0 unspecified atom stereocenters. The molecule has 2 aromatic carbocycles. The van der Waals surface area contributed by atoms with Crippen molar-refractivity contribution in [2.75, 3.05) is 16.4 Å². The van der Waals surface area contributed by atoms with Crippen LogP contribution in [0.2, 0.25) is 0 Å². The topological polar surface area (TPSA) is 46.3 Å². The van der Waals surface area contributed by atoms with Crippen LogP contribution in [-0.4, -0.2) is 11.7 Å². The highest BCUT2D eigenvalue weighted by molar-refractivity contribution is 8.00. The van der Waals surface area contributed by atoms with Gasteiger partial charge in [0.05, 0.1) is 5.75 Å². The molecular weight excluding hydrogens is 304 g/mol. The molecule has 0 radical (unpaired) electrons. The molecule has 3 rings (SSSR count). The molecule has 1 aliphatic rings. The number of hydrogen-bond donors (Lipinski definition) is 1. The molecule has 1 amide bonds. The summed E-state index contributed by atoms with van der Waals surface area (Å²) in [7, 11) is 0. The minimum Gasteiger partial charge on any atom is -0.399 e. The molecule has 2 N–H and O–H groups in total. The van der Waals surface area contributed by atoms with Crippen molar-refractivity contribution in [2.45, 2.75) is 31.6 Å². The largest absolute Gasteiger partial charge is 0.399 e. The van der Waals surface area contributed by atoms with Gasteiger partial charge in [0.1, 0.15) is 5.37 Å². The number of rotatable bonds is 2. The van der Waals surface area contributed by atoms with E-state index in [9.17, 15) is 4.79 Å². The van der Waals surface area contributed by atoms with E-state index >= 15 is 0 Å². The highest BCUT2D eigenvalue weighted by Gasteiger charge is 2.34. The molecule has 0 bridgehead atoms. The molecule has 0 spiro atoms. The van der Waals surface area contributed by atoms with Crippen molar-refractivity contribution in [3.05, 3.63) is 59.7 Å². The molecule has 0 aromatic heterocycles. The predicted octanol–water partition coefficient (Wildman–Crippen LogP) is 4.34. The van der Waals surface area contributed by atoms with Gasteiger partial charge in [-0.2, -0.15) is 0 Å². The maximum absolute atomic E-state index is 12.4. The van der Waals surface area contributed by atoms with Crippen LogP contribution in [0.15, 0.2) is 48.5 Å². The lowest BCUT2D eigenvalue weighted by Crippen LogP contribution is -2.28. The summed E-state index contributed by atoms with van der Waals surface area (Å²) in [5.41, 5.74) is 10.0.